The van der Waals surface area contributed by atoms with Gasteiger partial charge in [-0.2, -0.15) is 0 Å². The van der Waals surface area contributed by atoms with Crippen molar-refractivity contribution in [2.24, 2.45) is 0 Å². The molecule has 4 heteroatoms. The van der Waals surface area contributed by atoms with Crippen LogP contribution in [0.15, 0.2) is 97.6 Å². The zero-order valence-corrected chi connectivity index (χ0v) is 17.7. The Balaban J connectivity index is 0.000000140. The van der Waals surface area contributed by atoms with Gasteiger partial charge >= 0.3 is 0 Å². The molecular weight excluding hydrogens is 412 g/mol. The van der Waals surface area contributed by atoms with Crippen LogP contribution in [0, 0.1) is 0 Å². The lowest BCUT2D eigenvalue weighted by Gasteiger charge is -2.05. The third-order valence-electron chi connectivity index (χ3n) is 5.78. The van der Waals surface area contributed by atoms with E-state index in [1.165, 1.54) is 6.07 Å². The van der Waals surface area contributed by atoms with E-state index in [4.69, 9.17) is 4.74 Å². The first-order valence-electron chi connectivity index (χ1n) is 10.6. The highest BCUT2D eigenvalue weighted by Crippen LogP contribution is 2.39. The molecule has 0 aliphatic heterocycles. The summed E-state index contributed by atoms with van der Waals surface area (Å²) in [5.41, 5.74) is 6.67. The number of rotatable bonds is 3. The van der Waals surface area contributed by atoms with Gasteiger partial charge in [0.25, 0.3) is 0 Å². The van der Waals surface area contributed by atoms with E-state index in [0.717, 1.165) is 38.9 Å². The second kappa shape index (κ2) is 8.24. The minimum Gasteiger partial charge on any atom is -0.508 e. The second-order valence-electron chi connectivity index (χ2n) is 7.79. The van der Waals surface area contributed by atoms with Gasteiger partial charge in [0.2, 0.25) is 0 Å². The summed E-state index contributed by atoms with van der Waals surface area (Å²) < 4.78 is 5.46. The van der Waals surface area contributed by atoms with E-state index in [-0.39, 0.29) is 17.3 Å². The summed E-state index contributed by atoms with van der Waals surface area (Å²) in [5, 5.41) is 9.34. The zero-order chi connectivity index (χ0) is 22.9. The molecule has 0 unspecified atom stereocenters. The molecule has 0 aromatic heterocycles. The van der Waals surface area contributed by atoms with Gasteiger partial charge in [-0.3, -0.25) is 9.59 Å². The maximum Gasteiger partial charge on any atom is 0.194 e. The monoisotopic (exact) mass is 432 g/mol. The highest BCUT2D eigenvalue weighted by atomic mass is 16.5. The fraction of sp³-hybridized carbons (Fsp3) is 0.0345. The number of benzene rings is 4. The number of fused-ring (bicyclic) bond motifs is 6. The van der Waals surface area contributed by atoms with E-state index >= 15 is 0 Å². The Morgan fingerprint density at radius 3 is 1.70 bits per heavy atom. The molecule has 2 aliphatic carbocycles. The molecule has 0 amide bonds. The number of carbonyl (C=O) groups excluding carboxylic acids is 2. The predicted molar refractivity (Wildman–Crippen MR) is 128 cm³/mol. The molecule has 0 fully saturated rings. The Morgan fingerprint density at radius 1 is 0.636 bits per heavy atom. The molecule has 6 rings (SSSR count). The van der Waals surface area contributed by atoms with E-state index in [9.17, 15) is 14.7 Å². The van der Waals surface area contributed by atoms with Crippen LogP contribution in [0.4, 0.5) is 0 Å². The van der Waals surface area contributed by atoms with Gasteiger partial charge in [0.15, 0.2) is 11.6 Å². The van der Waals surface area contributed by atoms with Crippen molar-refractivity contribution in [2.75, 3.05) is 6.61 Å². The zero-order valence-electron chi connectivity index (χ0n) is 17.7. The molecule has 4 aromatic carbocycles. The third-order valence-corrected chi connectivity index (χ3v) is 5.78. The quantitative estimate of drug-likeness (QED) is 0.345. The number of carbonyl (C=O) groups is 2. The highest BCUT2D eigenvalue weighted by Gasteiger charge is 2.27. The lowest BCUT2D eigenvalue weighted by molar-refractivity contribution is 0.103. The molecule has 4 aromatic rings. The lowest BCUT2D eigenvalue weighted by Crippen LogP contribution is -1.97. The second-order valence-corrected chi connectivity index (χ2v) is 7.79. The highest BCUT2D eigenvalue weighted by molar-refractivity contribution is 6.22. The first-order chi connectivity index (χ1) is 16.1. The van der Waals surface area contributed by atoms with Gasteiger partial charge in [0, 0.05) is 22.3 Å². The van der Waals surface area contributed by atoms with E-state index in [1.54, 1.807) is 24.3 Å². The number of hydrogen-bond acceptors (Lipinski definition) is 4. The Kier molecular flexibility index (Phi) is 5.11. The van der Waals surface area contributed by atoms with Crippen LogP contribution in [0.1, 0.15) is 31.8 Å². The van der Waals surface area contributed by atoms with Crippen LogP contribution in [0.3, 0.4) is 0 Å². The third kappa shape index (κ3) is 3.52. The van der Waals surface area contributed by atoms with E-state index in [2.05, 4.69) is 6.58 Å². The summed E-state index contributed by atoms with van der Waals surface area (Å²) in [6, 6.07) is 25.7. The summed E-state index contributed by atoms with van der Waals surface area (Å²) in [5.74, 6) is 0.908. The first kappa shape index (κ1) is 20.5. The average molecular weight is 432 g/mol. The summed E-state index contributed by atoms with van der Waals surface area (Å²) in [7, 11) is 0. The molecule has 33 heavy (non-hydrogen) atoms. The molecule has 0 bridgehead atoms. The maximum absolute atomic E-state index is 12.2. The molecule has 0 saturated heterocycles. The van der Waals surface area contributed by atoms with Crippen molar-refractivity contribution in [3.05, 3.63) is 120 Å². The lowest BCUT2D eigenvalue weighted by atomic mass is 10.1. The minimum atomic E-state index is -0.00324. The summed E-state index contributed by atoms with van der Waals surface area (Å²) in [6.45, 7) is 4.05. The number of phenolic OH excluding ortho intramolecular Hbond substituents is 1. The van der Waals surface area contributed by atoms with Crippen molar-refractivity contribution in [1.29, 1.82) is 0 Å². The summed E-state index contributed by atoms with van der Waals surface area (Å²) >= 11 is 0. The van der Waals surface area contributed by atoms with Gasteiger partial charge in [-0.05, 0) is 58.7 Å². The molecular formula is C29H20O4. The van der Waals surface area contributed by atoms with Crippen LogP contribution in [0.5, 0.6) is 11.5 Å². The molecule has 0 heterocycles. The van der Waals surface area contributed by atoms with Gasteiger partial charge in [-0.15, -0.1) is 0 Å². The Labute approximate surface area is 191 Å². The van der Waals surface area contributed by atoms with Gasteiger partial charge in [0.05, 0.1) is 0 Å². The molecule has 0 radical (unpaired) electrons. The molecule has 160 valence electrons. The van der Waals surface area contributed by atoms with Crippen molar-refractivity contribution in [1.82, 2.24) is 0 Å². The number of hydrogen-bond donors (Lipinski definition) is 1. The van der Waals surface area contributed by atoms with Crippen molar-refractivity contribution in [2.45, 2.75) is 0 Å². The van der Waals surface area contributed by atoms with Gasteiger partial charge in [-0.25, -0.2) is 0 Å². The average Bonchev–Trinajstić information content (AvgIpc) is 3.30. The molecule has 2 aliphatic rings. The normalized spacial score (nSPS) is 12.1. The predicted octanol–water partition coefficient (Wildman–Crippen LogP) is 6.07. The number of aromatic hydroxyl groups is 1. The van der Waals surface area contributed by atoms with E-state index < -0.39 is 0 Å². The topological polar surface area (TPSA) is 63.6 Å². The van der Waals surface area contributed by atoms with Crippen LogP contribution in [0.2, 0.25) is 0 Å². The van der Waals surface area contributed by atoms with Crippen LogP contribution < -0.4 is 4.74 Å². The smallest absolute Gasteiger partial charge is 0.194 e. The first-order valence-corrected chi connectivity index (χ1v) is 10.6. The van der Waals surface area contributed by atoms with Crippen LogP contribution in [-0.2, 0) is 0 Å². The molecule has 4 nitrogen and oxygen atoms in total. The fourth-order valence-corrected chi connectivity index (χ4v) is 4.27. The van der Waals surface area contributed by atoms with Crippen LogP contribution in [0.25, 0.3) is 22.3 Å². The van der Waals surface area contributed by atoms with Crippen LogP contribution >= 0.6 is 0 Å². The Hall–Kier alpha value is -4.44. The van der Waals surface area contributed by atoms with Gasteiger partial charge < -0.3 is 9.84 Å². The Bertz CT molecular complexity index is 1430. The van der Waals surface area contributed by atoms with Crippen molar-refractivity contribution in [3.8, 4) is 33.8 Å². The Morgan fingerprint density at radius 2 is 1.12 bits per heavy atom. The number of phenols is 1. The van der Waals surface area contributed by atoms with E-state index in [1.807, 2.05) is 60.7 Å². The fourth-order valence-electron chi connectivity index (χ4n) is 4.27. The number of ketones is 2. The maximum atomic E-state index is 12.2. The summed E-state index contributed by atoms with van der Waals surface area (Å²) in [6.07, 6.45) is 1.68. The molecule has 0 atom stereocenters. The van der Waals surface area contributed by atoms with Gasteiger partial charge in [0.1, 0.15) is 18.1 Å². The summed E-state index contributed by atoms with van der Waals surface area (Å²) in [4.78, 5) is 24.2. The van der Waals surface area contributed by atoms with E-state index in [0.29, 0.717) is 17.9 Å². The van der Waals surface area contributed by atoms with Crippen LogP contribution in [-0.4, -0.2) is 23.3 Å². The van der Waals surface area contributed by atoms with Crippen molar-refractivity contribution in [3.63, 3.8) is 0 Å². The number of ether oxygens (including phenoxy) is 1. The minimum absolute atomic E-state index is 0.00324. The SMILES string of the molecule is C=CCOc1ccc2c(c1)C(=O)c1ccccc1-2.O=C1c2ccccc2-c2ccc(O)cc21. The standard InChI is InChI=1S/C16H12O2.C13H8O2/c1-2-9-18-11-7-8-13-12-5-3-4-6-14(12)16(17)15(13)10-11;14-8-5-6-10-9-3-1-2-4-11(9)13(15)12(10)7-8/h2-8,10H,1,9H2;1-7,14H. The molecule has 1 N–H and O–H groups in total. The largest absolute Gasteiger partial charge is 0.508 e. The molecule has 0 saturated carbocycles. The van der Waals surface area contributed by atoms with Crippen molar-refractivity contribution < 1.29 is 19.4 Å². The molecule has 0 spiro atoms. The van der Waals surface area contributed by atoms with Gasteiger partial charge in [-0.1, -0.05) is 61.2 Å². The van der Waals surface area contributed by atoms with Crippen molar-refractivity contribution >= 4 is 11.6 Å².